The molecule has 0 saturated heterocycles. The van der Waals surface area contributed by atoms with Crippen LogP contribution in [0.15, 0.2) is 12.1 Å². The molecule has 0 aromatic heterocycles. The van der Waals surface area contributed by atoms with Crippen LogP contribution in [0.5, 0.6) is 5.75 Å². The molecular weight excluding hydrogens is 298 g/mol. The normalized spacial score (nSPS) is 12.2. The molecule has 0 spiro atoms. The molecule has 1 rings (SSSR count). The second kappa shape index (κ2) is 7.07. The Balaban J connectivity index is 2.57. The van der Waals surface area contributed by atoms with Gasteiger partial charge in [0.2, 0.25) is 0 Å². The van der Waals surface area contributed by atoms with Gasteiger partial charge in [0.1, 0.15) is 10.8 Å². The maximum Gasteiger partial charge on any atom is 0.303 e. The third kappa shape index (κ3) is 4.56. The lowest BCUT2D eigenvalue weighted by Crippen LogP contribution is -2.12. The van der Waals surface area contributed by atoms with E-state index in [-0.39, 0.29) is 22.6 Å². The number of carboxylic acid groups (broad SMARTS) is 1. The molecule has 1 aromatic carbocycles. The molecule has 100 valence electrons. The summed E-state index contributed by atoms with van der Waals surface area (Å²) in [6.45, 7) is 1.85. The molecule has 0 aliphatic carbocycles. The molecule has 0 bridgehead atoms. The van der Waals surface area contributed by atoms with Gasteiger partial charge in [0.25, 0.3) is 0 Å². The zero-order valence-corrected chi connectivity index (χ0v) is 12.0. The lowest BCUT2D eigenvalue weighted by molar-refractivity contribution is -0.137. The summed E-state index contributed by atoms with van der Waals surface area (Å²) in [5.74, 6) is -0.358. The molecule has 6 heteroatoms. The average molecular weight is 312 g/mol. The van der Waals surface area contributed by atoms with Gasteiger partial charge in [-0.05, 0) is 31.9 Å². The van der Waals surface area contributed by atoms with Gasteiger partial charge in [0.05, 0.1) is 16.1 Å². The number of aliphatic carboxylic acids is 1. The third-order valence-electron chi connectivity index (χ3n) is 2.33. The molecule has 0 fully saturated rings. The van der Waals surface area contributed by atoms with Crippen LogP contribution in [0.1, 0.15) is 26.2 Å². The van der Waals surface area contributed by atoms with Crippen LogP contribution in [0.25, 0.3) is 0 Å². The van der Waals surface area contributed by atoms with Crippen LogP contribution in [0.3, 0.4) is 0 Å². The summed E-state index contributed by atoms with van der Waals surface area (Å²) in [6, 6.07) is 3.25. The van der Waals surface area contributed by atoms with Crippen molar-refractivity contribution in [3.8, 4) is 5.75 Å². The number of ether oxygens (including phenoxy) is 1. The van der Waals surface area contributed by atoms with Crippen molar-refractivity contribution in [3.05, 3.63) is 27.2 Å². The van der Waals surface area contributed by atoms with E-state index in [1.54, 1.807) is 12.1 Å². The predicted octanol–water partition coefficient (Wildman–Crippen LogP) is 4.67. The maximum atomic E-state index is 10.4. The standard InChI is InChI=1S/C12H13Cl3O3/c1-7(3-2-4-10(16)17)18-9-6-5-8(13)11(14)12(9)15/h5-7H,2-4H2,1H3,(H,16,17). The molecule has 1 unspecified atom stereocenters. The van der Waals surface area contributed by atoms with E-state index >= 15 is 0 Å². The summed E-state index contributed by atoms with van der Waals surface area (Å²) >= 11 is 17.7. The van der Waals surface area contributed by atoms with Crippen molar-refractivity contribution in [1.82, 2.24) is 0 Å². The lowest BCUT2D eigenvalue weighted by Gasteiger charge is -2.16. The minimum absolute atomic E-state index is 0.128. The topological polar surface area (TPSA) is 46.5 Å². The first-order chi connectivity index (χ1) is 8.41. The van der Waals surface area contributed by atoms with Crippen molar-refractivity contribution in [3.63, 3.8) is 0 Å². The Hall–Kier alpha value is -0.640. The molecule has 0 radical (unpaired) electrons. The Kier molecular flexibility index (Phi) is 6.06. The first-order valence-electron chi connectivity index (χ1n) is 5.43. The molecule has 0 aliphatic heterocycles. The molecule has 1 atom stereocenters. The van der Waals surface area contributed by atoms with E-state index in [0.717, 1.165) is 0 Å². The summed E-state index contributed by atoms with van der Waals surface area (Å²) in [5, 5.41) is 9.43. The van der Waals surface area contributed by atoms with Gasteiger partial charge in [-0.1, -0.05) is 34.8 Å². The largest absolute Gasteiger partial charge is 0.489 e. The fourth-order valence-corrected chi connectivity index (χ4v) is 1.99. The van der Waals surface area contributed by atoms with Gasteiger partial charge >= 0.3 is 5.97 Å². The summed E-state index contributed by atoms with van der Waals surface area (Å²) in [6.07, 6.45) is 1.17. The van der Waals surface area contributed by atoms with E-state index in [1.807, 2.05) is 6.92 Å². The number of carboxylic acids is 1. The molecule has 3 nitrogen and oxygen atoms in total. The first kappa shape index (κ1) is 15.4. The van der Waals surface area contributed by atoms with Crippen LogP contribution >= 0.6 is 34.8 Å². The van der Waals surface area contributed by atoms with Gasteiger partial charge in [-0.15, -0.1) is 0 Å². The maximum absolute atomic E-state index is 10.4. The Morgan fingerprint density at radius 1 is 1.33 bits per heavy atom. The summed E-state index contributed by atoms with van der Waals surface area (Å²) in [4.78, 5) is 10.4. The van der Waals surface area contributed by atoms with Crippen molar-refractivity contribution >= 4 is 40.8 Å². The van der Waals surface area contributed by atoms with E-state index in [0.29, 0.717) is 23.6 Å². The fourth-order valence-electron chi connectivity index (χ4n) is 1.42. The van der Waals surface area contributed by atoms with Gasteiger partial charge in [-0.2, -0.15) is 0 Å². The summed E-state index contributed by atoms with van der Waals surface area (Å²) in [5.41, 5.74) is 0. The van der Waals surface area contributed by atoms with Crippen LogP contribution in [-0.4, -0.2) is 17.2 Å². The van der Waals surface area contributed by atoms with E-state index in [1.165, 1.54) is 0 Å². The second-order valence-electron chi connectivity index (χ2n) is 3.89. The highest BCUT2D eigenvalue weighted by atomic mass is 35.5. The van der Waals surface area contributed by atoms with Crippen LogP contribution in [-0.2, 0) is 4.79 Å². The predicted molar refractivity (Wildman–Crippen MR) is 73.0 cm³/mol. The van der Waals surface area contributed by atoms with E-state index in [9.17, 15) is 4.79 Å². The van der Waals surface area contributed by atoms with Crippen molar-refractivity contribution in [1.29, 1.82) is 0 Å². The molecule has 0 saturated carbocycles. The van der Waals surface area contributed by atoms with Crippen LogP contribution in [0, 0.1) is 0 Å². The fraction of sp³-hybridized carbons (Fsp3) is 0.417. The molecule has 1 aromatic rings. The molecule has 0 amide bonds. The van der Waals surface area contributed by atoms with E-state index < -0.39 is 5.97 Å². The van der Waals surface area contributed by atoms with Gasteiger partial charge in [0, 0.05) is 6.42 Å². The van der Waals surface area contributed by atoms with Crippen LogP contribution < -0.4 is 4.74 Å². The Bertz CT molecular complexity index is 435. The number of halogens is 3. The van der Waals surface area contributed by atoms with Gasteiger partial charge < -0.3 is 9.84 Å². The average Bonchev–Trinajstić information content (AvgIpc) is 2.29. The number of hydrogen-bond acceptors (Lipinski definition) is 2. The SMILES string of the molecule is CC(CCCC(=O)O)Oc1ccc(Cl)c(Cl)c1Cl. The van der Waals surface area contributed by atoms with Crippen LogP contribution in [0.2, 0.25) is 15.1 Å². The van der Waals surface area contributed by atoms with Crippen molar-refractivity contribution in [2.24, 2.45) is 0 Å². The minimum atomic E-state index is -0.810. The highest BCUT2D eigenvalue weighted by Crippen LogP contribution is 2.37. The molecular formula is C12H13Cl3O3. The monoisotopic (exact) mass is 310 g/mol. The van der Waals surface area contributed by atoms with Crippen molar-refractivity contribution in [2.45, 2.75) is 32.3 Å². The Morgan fingerprint density at radius 2 is 2.00 bits per heavy atom. The number of hydrogen-bond donors (Lipinski definition) is 1. The molecule has 18 heavy (non-hydrogen) atoms. The highest BCUT2D eigenvalue weighted by molar-refractivity contribution is 6.48. The summed E-state index contributed by atoms with van der Waals surface area (Å²) in [7, 11) is 0. The van der Waals surface area contributed by atoms with E-state index in [2.05, 4.69) is 0 Å². The van der Waals surface area contributed by atoms with Gasteiger partial charge in [-0.3, -0.25) is 4.79 Å². The number of carbonyl (C=O) groups is 1. The van der Waals surface area contributed by atoms with Gasteiger partial charge in [-0.25, -0.2) is 0 Å². The zero-order valence-electron chi connectivity index (χ0n) is 9.75. The smallest absolute Gasteiger partial charge is 0.303 e. The molecule has 1 N–H and O–H groups in total. The quantitative estimate of drug-likeness (QED) is 0.777. The first-order valence-corrected chi connectivity index (χ1v) is 6.57. The highest BCUT2D eigenvalue weighted by Gasteiger charge is 2.12. The number of benzene rings is 1. The van der Waals surface area contributed by atoms with Crippen LogP contribution in [0.4, 0.5) is 0 Å². The Morgan fingerprint density at radius 3 is 2.61 bits per heavy atom. The zero-order chi connectivity index (χ0) is 13.7. The Labute approximate surface area is 121 Å². The van der Waals surface area contributed by atoms with Crippen molar-refractivity contribution in [2.75, 3.05) is 0 Å². The lowest BCUT2D eigenvalue weighted by atomic mass is 10.2. The molecule has 0 heterocycles. The van der Waals surface area contributed by atoms with E-state index in [4.69, 9.17) is 44.6 Å². The minimum Gasteiger partial charge on any atom is -0.489 e. The van der Waals surface area contributed by atoms with Gasteiger partial charge in [0.15, 0.2) is 0 Å². The third-order valence-corrected chi connectivity index (χ3v) is 3.61. The molecule has 0 aliphatic rings. The second-order valence-corrected chi connectivity index (χ2v) is 5.05. The number of rotatable bonds is 6. The van der Waals surface area contributed by atoms with Crippen molar-refractivity contribution < 1.29 is 14.6 Å². The summed E-state index contributed by atoms with van der Waals surface area (Å²) < 4.78 is 5.59.